The zero-order valence-corrected chi connectivity index (χ0v) is 14.9. The van der Waals surface area contributed by atoms with E-state index in [1.807, 2.05) is 31.2 Å². The number of rotatable bonds is 4. The Labute approximate surface area is 156 Å². The van der Waals surface area contributed by atoms with Crippen molar-refractivity contribution >= 4 is 17.8 Å². The number of para-hydroxylation sites is 1. The minimum absolute atomic E-state index is 0.0453. The van der Waals surface area contributed by atoms with Crippen LogP contribution in [0, 0.1) is 5.41 Å². The van der Waals surface area contributed by atoms with Gasteiger partial charge in [0.2, 0.25) is 5.95 Å². The Morgan fingerprint density at radius 1 is 1.33 bits per heavy atom. The van der Waals surface area contributed by atoms with Crippen LogP contribution in [0.15, 0.2) is 36.7 Å². The molecule has 27 heavy (non-hydrogen) atoms. The van der Waals surface area contributed by atoms with Crippen molar-refractivity contribution in [1.29, 1.82) is 0 Å². The van der Waals surface area contributed by atoms with Crippen LogP contribution in [0.3, 0.4) is 0 Å². The number of anilines is 1. The zero-order valence-electron chi connectivity index (χ0n) is 14.9. The van der Waals surface area contributed by atoms with Crippen molar-refractivity contribution in [2.45, 2.75) is 12.8 Å². The van der Waals surface area contributed by atoms with Gasteiger partial charge in [0, 0.05) is 43.5 Å². The van der Waals surface area contributed by atoms with Crippen LogP contribution in [0.1, 0.15) is 28.8 Å². The molecule has 0 aliphatic carbocycles. The van der Waals surface area contributed by atoms with Crippen molar-refractivity contribution in [3.63, 3.8) is 0 Å². The lowest BCUT2D eigenvalue weighted by molar-refractivity contribution is -0.151. The van der Waals surface area contributed by atoms with E-state index in [1.165, 1.54) is 12.4 Å². The summed E-state index contributed by atoms with van der Waals surface area (Å²) in [5, 5.41) is 12.9. The number of hydrogen-bond acceptors (Lipinski definition) is 6. The van der Waals surface area contributed by atoms with E-state index in [0.29, 0.717) is 30.4 Å². The normalized spacial score (nSPS) is 23.1. The molecule has 2 aliphatic rings. The molecule has 1 saturated heterocycles. The highest BCUT2D eigenvalue weighted by Gasteiger charge is 2.57. The summed E-state index contributed by atoms with van der Waals surface area (Å²) in [7, 11) is 0. The van der Waals surface area contributed by atoms with E-state index in [9.17, 15) is 14.7 Å². The Morgan fingerprint density at radius 2 is 2.07 bits per heavy atom. The Morgan fingerprint density at radius 3 is 2.78 bits per heavy atom. The first-order chi connectivity index (χ1) is 13.0. The van der Waals surface area contributed by atoms with E-state index in [4.69, 9.17) is 4.74 Å². The number of carbonyl (C=O) groups is 2. The number of amides is 1. The molecule has 2 N–H and O–H groups in total. The third-order valence-electron chi connectivity index (χ3n) is 5.27. The molecule has 0 saturated carbocycles. The first kappa shape index (κ1) is 17.3. The summed E-state index contributed by atoms with van der Waals surface area (Å²) in [5.41, 5.74) is 0.0272. The van der Waals surface area contributed by atoms with Crippen molar-refractivity contribution in [2.75, 3.05) is 31.6 Å². The van der Waals surface area contributed by atoms with Gasteiger partial charge in [-0.2, -0.15) is 0 Å². The van der Waals surface area contributed by atoms with E-state index < -0.39 is 11.4 Å². The standard InChI is InChI=1S/C19H20N4O4/c1-2-20-18-21-7-12(8-22-18)16(24)23-9-14-13-5-3-4-6-15(13)27-11-19(14,10-23)17(25)26/h3-8,14H,2,9-11H2,1H3,(H,25,26)(H,20,21,22)/t14?,19-/m1/s1. The number of nitrogens with zero attached hydrogens (tertiary/aromatic N) is 3. The zero-order chi connectivity index (χ0) is 19.0. The predicted octanol–water partition coefficient (Wildman–Crippen LogP) is 1.61. The maximum atomic E-state index is 12.9. The highest BCUT2D eigenvalue weighted by molar-refractivity contribution is 5.95. The molecule has 3 heterocycles. The summed E-state index contributed by atoms with van der Waals surface area (Å²) in [6.45, 7) is 3.07. The van der Waals surface area contributed by atoms with Gasteiger partial charge in [-0.3, -0.25) is 9.59 Å². The second-order valence-electron chi connectivity index (χ2n) is 6.85. The van der Waals surface area contributed by atoms with Crippen molar-refractivity contribution in [3.8, 4) is 5.75 Å². The van der Waals surface area contributed by atoms with E-state index in [1.54, 1.807) is 4.90 Å². The number of likely N-dealkylation sites (tertiary alicyclic amines) is 1. The Bertz CT molecular complexity index is 886. The monoisotopic (exact) mass is 368 g/mol. The fourth-order valence-electron chi connectivity index (χ4n) is 3.86. The second kappa shape index (κ2) is 6.53. The van der Waals surface area contributed by atoms with E-state index in [-0.39, 0.29) is 25.0 Å². The molecule has 4 rings (SSSR count). The van der Waals surface area contributed by atoms with Crippen LogP contribution in [0.2, 0.25) is 0 Å². The van der Waals surface area contributed by atoms with Gasteiger partial charge in [-0.25, -0.2) is 9.97 Å². The van der Waals surface area contributed by atoms with Gasteiger partial charge in [-0.15, -0.1) is 0 Å². The highest BCUT2D eigenvalue weighted by atomic mass is 16.5. The Balaban J connectivity index is 1.63. The molecule has 1 aromatic carbocycles. The molecule has 0 radical (unpaired) electrons. The maximum Gasteiger partial charge on any atom is 0.315 e. The number of ether oxygens (including phenoxy) is 1. The van der Waals surface area contributed by atoms with Crippen LogP contribution in [-0.2, 0) is 4.79 Å². The van der Waals surface area contributed by atoms with Gasteiger partial charge < -0.3 is 20.1 Å². The number of carboxylic acid groups (broad SMARTS) is 1. The van der Waals surface area contributed by atoms with Crippen molar-refractivity contribution in [1.82, 2.24) is 14.9 Å². The first-order valence-electron chi connectivity index (χ1n) is 8.85. The summed E-state index contributed by atoms with van der Waals surface area (Å²) in [4.78, 5) is 34.9. The molecule has 1 amide bonds. The third kappa shape index (κ3) is 2.77. The average molecular weight is 368 g/mol. The fraction of sp³-hybridized carbons (Fsp3) is 0.368. The fourth-order valence-corrected chi connectivity index (χ4v) is 3.86. The topological polar surface area (TPSA) is 105 Å². The minimum atomic E-state index is -1.14. The number of carboxylic acids is 1. The molecule has 1 aromatic heterocycles. The van der Waals surface area contributed by atoms with Crippen LogP contribution in [0.4, 0.5) is 5.95 Å². The largest absolute Gasteiger partial charge is 0.492 e. The van der Waals surface area contributed by atoms with Gasteiger partial charge in [0.1, 0.15) is 17.8 Å². The Hall–Kier alpha value is -3.16. The second-order valence-corrected chi connectivity index (χ2v) is 6.85. The summed E-state index contributed by atoms with van der Waals surface area (Å²) in [5.74, 6) is -0.395. The number of benzene rings is 1. The lowest BCUT2D eigenvalue weighted by atomic mass is 9.73. The quantitative estimate of drug-likeness (QED) is 0.845. The molecule has 2 aromatic rings. The van der Waals surface area contributed by atoms with Crippen molar-refractivity contribution in [2.24, 2.45) is 5.41 Å². The third-order valence-corrected chi connectivity index (χ3v) is 5.27. The van der Waals surface area contributed by atoms with Gasteiger partial charge in [0.05, 0.1) is 5.56 Å². The summed E-state index contributed by atoms with van der Waals surface area (Å²) in [6.07, 6.45) is 2.93. The van der Waals surface area contributed by atoms with Crippen LogP contribution in [0.25, 0.3) is 0 Å². The smallest absolute Gasteiger partial charge is 0.315 e. The first-order valence-corrected chi connectivity index (χ1v) is 8.85. The molecule has 1 fully saturated rings. The molecular formula is C19H20N4O4. The molecule has 1 unspecified atom stereocenters. The molecule has 8 nitrogen and oxygen atoms in total. The van der Waals surface area contributed by atoms with Crippen LogP contribution in [-0.4, -0.2) is 58.1 Å². The van der Waals surface area contributed by atoms with Crippen molar-refractivity contribution in [3.05, 3.63) is 47.8 Å². The van der Waals surface area contributed by atoms with Gasteiger partial charge in [0.15, 0.2) is 0 Å². The van der Waals surface area contributed by atoms with E-state index >= 15 is 0 Å². The predicted molar refractivity (Wildman–Crippen MR) is 96.8 cm³/mol. The molecule has 2 atom stereocenters. The molecule has 0 spiro atoms. The number of aliphatic carboxylic acids is 1. The Kier molecular flexibility index (Phi) is 4.18. The SMILES string of the molecule is CCNc1ncc(C(=O)N2CC3c4ccccc4OC[C@]3(C(=O)O)C2)cn1. The maximum absolute atomic E-state index is 12.9. The molecule has 2 aliphatic heterocycles. The van der Waals surface area contributed by atoms with Gasteiger partial charge in [-0.1, -0.05) is 18.2 Å². The number of nitrogens with one attached hydrogen (secondary N) is 1. The van der Waals surface area contributed by atoms with Crippen LogP contribution in [0.5, 0.6) is 5.75 Å². The molecular weight excluding hydrogens is 348 g/mol. The van der Waals surface area contributed by atoms with E-state index in [2.05, 4.69) is 15.3 Å². The number of hydrogen-bond donors (Lipinski definition) is 2. The number of aromatic nitrogens is 2. The van der Waals surface area contributed by atoms with E-state index in [0.717, 1.165) is 5.56 Å². The summed E-state index contributed by atoms with van der Waals surface area (Å²) >= 11 is 0. The van der Waals surface area contributed by atoms with Gasteiger partial charge in [0.25, 0.3) is 5.91 Å². The summed E-state index contributed by atoms with van der Waals surface area (Å²) < 4.78 is 5.73. The molecule has 0 bridgehead atoms. The van der Waals surface area contributed by atoms with Crippen LogP contribution >= 0.6 is 0 Å². The van der Waals surface area contributed by atoms with Crippen LogP contribution < -0.4 is 10.1 Å². The molecule has 140 valence electrons. The average Bonchev–Trinajstić information content (AvgIpc) is 3.10. The highest BCUT2D eigenvalue weighted by Crippen LogP contribution is 2.49. The summed E-state index contributed by atoms with van der Waals surface area (Å²) in [6, 6.07) is 7.42. The molecule has 8 heteroatoms. The lowest BCUT2D eigenvalue weighted by Crippen LogP contribution is -2.46. The lowest BCUT2D eigenvalue weighted by Gasteiger charge is -2.35. The number of fused-ring (bicyclic) bond motifs is 3. The minimum Gasteiger partial charge on any atom is -0.492 e. The van der Waals surface area contributed by atoms with Crippen molar-refractivity contribution < 1.29 is 19.4 Å². The van der Waals surface area contributed by atoms with Gasteiger partial charge >= 0.3 is 5.97 Å². The number of carbonyl (C=O) groups excluding carboxylic acids is 1. The van der Waals surface area contributed by atoms with Gasteiger partial charge in [-0.05, 0) is 13.0 Å².